The first kappa shape index (κ1) is 49.5. The van der Waals surface area contributed by atoms with Crippen LogP contribution in [0.4, 0.5) is 26.3 Å². The van der Waals surface area contributed by atoms with Gasteiger partial charge in [-0.1, -0.05) is 91.7 Å². The number of benzene rings is 4. The number of rotatable bonds is 3. The number of aryl methyl sites for hydroxylation is 2. The predicted octanol–water partition coefficient (Wildman–Crippen LogP) is 7.87. The van der Waals surface area contributed by atoms with Crippen LogP contribution in [0.1, 0.15) is 108 Å². The van der Waals surface area contributed by atoms with Crippen LogP contribution in [0.15, 0.2) is 91.0 Å². The maximum atomic E-state index is 12.7. The molecule has 3 aliphatic rings. The topological polar surface area (TPSA) is 0 Å². The Balaban J connectivity index is 0.000000209. The Labute approximate surface area is 380 Å². The zero-order valence-electron chi connectivity index (χ0n) is 35.9. The monoisotopic (exact) mass is 952 g/mol. The maximum absolute atomic E-state index is 12.7. The Morgan fingerprint density at radius 3 is 1.58 bits per heavy atom. The number of alkyl halides is 6. The van der Waals surface area contributed by atoms with Gasteiger partial charge in [0.1, 0.15) is 0 Å². The molecule has 0 atom stereocenters. The first-order chi connectivity index (χ1) is 26.7. The van der Waals surface area contributed by atoms with Crippen molar-refractivity contribution in [2.24, 2.45) is 0 Å². The molecule has 0 amide bonds. The van der Waals surface area contributed by atoms with Crippen LogP contribution in [-0.2, 0) is 53.8 Å². The molecule has 0 fully saturated rings. The summed E-state index contributed by atoms with van der Waals surface area (Å²) < 4.78 is 76.7. The number of fused-ring (bicyclic) bond motifs is 5. The van der Waals surface area contributed by atoms with Gasteiger partial charge in [0, 0.05) is 13.5 Å². The minimum Gasteiger partial charge on any atom is -1.00 e. The fourth-order valence-corrected chi connectivity index (χ4v) is 11.4. The van der Waals surface area contributed by atoms with E-state index < -0.39 is 31.6 Å². The van der Waals surface area contributed by atoms with Crippen molar-refractivity contribution in [1.29, 1.82) is 0 Å². The molecule has 3 aliphatic carbocycles. The van der Waals surface area contributed by atoms with Gasteiger partial charge < -0.3 is 24.8 Å². The Hall–Kier alpha value is -3.16. The molecule has 0 unspecified atom stereocenters. The van der Waals surface area contributed by atoms with Gasteiger partial charge in [0.2, 0.25) is 0 Å². The third kappa shape index (κ3) is 10.2. The molecule has 0 bridgehead atoms. The molecule has 0 heterocycles. The average Bonchev–Trinajstić information content (AvgIpc) is 3.79. The fourth-order valence-electron chi connectivity index (χ4n) is 8.75. The Morgan fingerprint density at radius 2 is 1.15 bits per heavy atom. The van der Waals surface area contributed by atoms with Gasteiger partial charge in [-0.15, -0.1) is 11.6 Å². The van der Waals surface area contributed by atoms with Crippen molar-refractivity contribution >= 4 is 27.6 Å². The molecule has 60 heavy (non-hydrogen) atoms. The largest absolute Gasteiger partial charge is 1.00 e. The summed E-state index contributed by atoms with van der Waals surface area (Å²) in [7, 11) is -1.06. The normalized spacial score (nSPS) is 15.3. The van der Waals surface area contributed by atoms with E-state index in [2.05, 4.69) is 124 Å². The second-order valence-electron chi connectivity index (χ2n) is 18.1. The molecule has 0 radical (unpaired) electrons. The van der Waals surface area contributed by atoms with Gasteiger partial charge in [0.05, 0.1) is 0 Å². The second kappa shape index (κ2) is 17.5. The third-order valence-corrected chi connectivity index (χ3v) is 15.0. The molecule has 5 aromatic carbocycles. The molecule has 0 nitrogen and oxygen atoms in total. The van der Waals surface area contributed by atoms with Crippen molar-refractivity contribution in [3.63, 3.8) is 0 Å². The zero-order valence-corrected chi connectivity index (χ0v) is 40.9. The summed E-state index contributed by atoms with van der Waals surface area (Å²) in [6.07, 6.45) is -1.84. The Morgan fingerprint density at radius 1 is 0.667 bits per heavy atom. The van der Waals surface area contributed by atoms with Crippen LogP contribution >= 0.6 is 0 Å². The van der Waals surface area contributed by atoms with Crippen LogP contribution in [0.3, 0.4) is 0 Å². The van der Waals surface area contributed by atoms with E-state index in [1.54, 1.807) is 5.19 Å². The molecule has 10 heteroatoms. The number of hydrogen-bond acceptors (Lipinski definition) is 0. The van der Waals surface area contributed by atoms with E-state index in [0.29, 0.717) is 3.21 Å². The standard InChI is InChI=1S/C25H25.C15H8F6.C10H17Si.2ClH.Zr/c1-14-12-24(3,4)22-8-16-7-17-9-23-19(15(2)13-25(23,5)6)11-21(17)20(16)10-18(14)22;16-14(17,18)12-5-1-3-10(8-12)7-11-4-2-6-13(9-11)15(19,20)21;1-8-6-9(2)10(7-8)11(3,4)5;;;/h8-12H,7H2,1-6H3;1-6,8-9H;6-7H,1-5H3;2*1H;/q-1;;-1;;;+2/p-2. The van der Waals surface area contributed by atoms with Crippen molar-refractivity contribution in [2.75, 3.05) is 0 Å². The van der Waals surface area contributed by atoms with Crippen molar-refractivity contribution in [1.82, 2.24) is 0 Å². The van der Waals surface area contributed by atoms with E-state index in [4.69, 9.17) is 0 Å². The minimum atomic E-state index is -4.49. The van der Waals surface area contributed by atoms with Crippen LogP contribution in [-0.4, -0.2) is 11.3 Å². The van der Waals surface area contributed by atoms with Gasteiger partial charge in [-0.3, -0.25) is 6.08 Å². The van der Waals surface area contributed by atoms with Crippen LogP contribution < -0.4 is 30.0 Å². The first-order valence-corrected chi connectivity index (χ1v) is 24.3. The van der Waals surface area contributed by atoms with Crippen LogP contribution in [0.2, 0.25) is 19.6 Å². The molecular formula is C50H50Cl2F6SiZr-2. The molecule has 316 valence electrons. The Bertz CT molecular complexity index is 2360. The molecule has 0 saturated carbocycles. The molecule has 0 aromatic heterocycles. The maximum Gasteiger partial charge on any atom is -1.00 e. The summed E-state index contributed by atoms with van der Waals surface area (Å²) in [6, 6.07) is 23.6. The molecule has 0 aliphatic heterocycles. The van der Waals surface area contributed by atoms with Crippen molar-refractivity contribution in [3.05, 3.63) is 164 Å². The molecular weight excluding hydrogens is 905 g/mol. The Kier molecular flexibility index (Phi) is 14.5. The molecule has 8 rings (SSSR count). The number of halogens is 8. The number of hydrogen-bond donors (Lipinski definition) is 0. The molecule has 0 saturated heterocycles. The quantitative estimate of drug-likeness (QED) is 0.0964. The van der Waals surface area contributed by atoms with E-state index in [0.717, 1.165) is 54.9 Å². The van der Waals surface area contributed by atoms with Crippen molar-refractivity contribution in [3.8, 4) is 11.1 Å². The van der Waals surface area contributed by atoms with Gasteiger partial charge in [-0.2, -0.15) is 27.9 Å². The van der Waals surface area contributed by atoms with Gasteiger partial charge in [-0.05, 0) is 58.4 Å². The molecule has 5 aromatic rings. The first-order valence-electron chi connectivity index (χ1n) is 19.5. The van der Waals surface area contributed by atoms with Gasteiger partial charge in [0.25, 0.3) is 0 Å². The summed E-state index contributed by atoms with van der Waals surface area (Å²) in [6.45, 7) is 25.3. The van der Waals surface area contributed by atoms with E-state index >= 15 is 0 Å². The average molecular weight is 955 g/mol. The van der Waals surface area contributed by atoms with E-state index in [1.807, 2.05) is 0 Å². The SMILES string of the molecule is CC1=[C-]C(C)(C)c2cc3c(cc21)-c1cc2c(cc1C3)C(C)(C)C=C2C.Cc1cc([Si](C)(C)C)c(C)[cH-]1.FC(F)(F)c1cccc([C](=[Zr+2])c2cccc(C(F)(F)F)c2)c1.[Cl-].[Cl-]. The smallest absolute Gasteiger partial charge is 1.00 e. The van der Waals surface area contributed by atoms with Crippen LogP contribution in [0, 0.1) is 19.9 Å². The minimum absolute atomic E-state index is 0. The van der Waals surface area contributed by atoms with E-state index in [-0.39, 0.29) is 46.8 Å². The zero-order chi connectivity index (χ0) is 42.9. The van der Waals surface area contributed by atoms with Crippen molar-refractivity contribution < 1.29 is 75.4 Å². The third-order valence-electron chi connectivity index (χ3n) is 11.4. The van der Waals surface area contributed by atoms with Crippen LogP contribution in [0.25, 0.3) is 22.3 Å². The van der Waals surface area contributed by atoms with E-state index in [1.165, 1.54) is 91.0 Å². The fraction of sp³-hybridized carbons (Fsp3) is 0.320. The summed E-state index contributed by atoms with van der Waals surface area (Å²) in [5.74, 6) is 0. The van der Waals surface area contributed by atoms with E-state index in [9.17, 15) is 26.3 Å². The summed E-state index contributed by atoms with van der Waals surface area (Å²) in [5, 5.41) is 1.62. The predicted molar refractivity (Wildman–Crippen MR) is 227 cm³/mol. The summed E-state index contributed by atoms with van der Waals surface area (Å²) in [4.78, 5) is 0. The van der Waals surface area contributed by atoms with Gasteiger partial charge in [0.15, 0.2) is 0 Å². The van der Waals surface area contributed by atoms with Crippen LogP contribution in [0.5, 0.6) is 0 Å². The second-order valence-corrected chi connectivity index (χ2v) is 24.4. The van der Waals surface area contributed by atoms with Crippen molar-refractivity contribution in [2.45, 2.75) is 105 Å². The van der Waals surface area contributed by atoms with Gasteiger partial charge in [-0.25, -0.2) is 11.6 Å². The van der Waals surface area contributed by atoms with Gasteiger partial charge >= 0.3 is 137 Å². The molecule has 0 N–H and O–H groups in total. The summed E-state index contributed by atoms with van der Waals surface area (Å²) >= 11 is 0.729. The summed E-state index contributed by atoms with van der Waals surface area (Å²) in [5.41, 5.74) is 16.3. The number of allylic oxidation sites excluding steroid dienone is 4. The molecule has 0 spiro atoms.